The van der Waals surface area contributed by atoms with E-state index in [1.165, 1.54) is 0 Å². The number of carbonyl (C=O) groups excluding carboxylic acids is 1. The van der Waals surface area contributed by atoms with Crippen molar-refractivity contribution in [3.05, 3.63) is 63.7 Å². The number of aromatic nitrogens is 2. The summed E-state index contributed by atoms with van der Waals surface area (Å²) in [6.07, 6.45) is 2.75. The van der Waals surface area contributed by atoms with Gasteiger partial charge in [0.25, 0.3) is 5.56 Å². The van der Waals surface area contributed by atoms with Gasteiger partial charge >= 0.3 is 0 Å². The molecule has 0 aliphatic rings. The molecule has 2 N–H and O–H groups in total. The molecule has 7 heteroatoms. The maximum Gasteiger partial charge on any atom is 0.262 e. The summed E-state index contributed by atoms with van der Waals surface area (Å²) in [5.74, 6) is 0.588. The number of H-pyrrole nitrogens is 1. The fourth-order valence-corrected chi connectivity index (χ4v) is 3.38. The van der Waals surface area contributed by atoms with Gasteiger partial charge in [0, 0.05) is 13.0 Å². The highest BCUT2D eigenvalue weighted by molar-refractivity contribution is 7.71. The Morgan fingerprint density at radius 3 is 2.68 bits per heavy atom. The van der Waals surface area contributed by atoms with Crippen LogP contribution in [0.25, 0.3) is 10.9 Å². The highest BCUT2D eigenvalue weighted by atomic mass is 32.1. The van der Waals surface area contributed by atoms with Gasteiger partial charge in [-0.3, -0.25) is 14.2 Å². The summed E-state index contributed by atoms with van der Waals surface area (Å²) in [5, 5.41) is 3.50. The van der Waals surface area contributed by atoms with Gasteiger partial charge < -0.3 is 15.0 Å². The molecule has 0 bridgehead atoms. The first-order valence-electron chi connectivity index (χ1n) is 9.25. The molecule has 1 amide bonds. The van der Waals surface area contributed by atoms with E-state index in [1.54, 1.807) is 23.8 Å². The van der Waals surface area contributed by atoms with Crippen molar-refractivity contribution in [2.75, 3.05) is 12.4 Å². The number of unbranched alkanes of at least 4 members (excludes halogenated alkanes) is 2. The number of carbonyl (C=O) groups is 1. The van der Waals surface area contributed by atoms with E-state index in [0.717, 1.165) is 24.8 Å². The number of hydrogen-bond acceptors (Lipinski definition) is 4. The fraction of sp³-hybridized carbons (Fsp3) is 0.286. The average Bonchev–Trinajstić information content (AvgIpc) is 2.70. The third-order valence-electron chi connectivity index (χ3n) is 4.56. The lowest BCUT2D eigenvalue weighted by Crippen LogP contribution is -2.22. The van der Waals surface area contributed by atoms with Gasteiger partial charge in [-0.05, 0) is 49.3 Å². The van der Waals surface area contributed by atoms with Crippen LogP contribution in [0.1, 0.15) is 25.7 Å². The second-order valence-electron chi connectivity index (χ2n) is 6.49. The van der Waals surface area contributed by atoms with Crippen molar-refractivity contribution in [3.8, 4) is 5.75 Å². The molecule has 0 radical (unpaired) electrons. The number of ether oxygens (including phenoxy) is 1. The van der Waals surface area contributed by atoms with Crippen LogP contribution in [0.3, 0.4) is 0 Å². The van der Waals surface area contributed by atoms with Gasteiger partial charge in [0.1, 0.15) is 5.75 Å². The van der Waals surface area contributed by atoms with Crippen LogP contribution in [0, 0.1) is 4.77 Å². The third-order valence-corrected chi connectivity index (χ3v) is 4.88. The lowest BCUT2D eigenvalue weighted by atomic mass is 10.1. The number of rotatable bonds is 8. The first-order valence-corrected chi connectivity index (χ1v) is 9.65. The molecule has 0 aliphatic heterocycles. The first-order chi connectivity index (χ1) is 13.6. The van der Waals surface area contributed by atoms with Crippen LogP contribution < -0.4 is 15.6 Å². The SMILES string of the molecule is COc1ccccc1NC(=O)CCCCCn1c(=S)[nH]c2ccccc2c1=O. The standard InChI is InChI=1S/C21H23N3O3S/c1-27-18-12-7-6-11-17(18)22-19(25)13-3-2-8-14-24-20(26)15-9-4-5-10-16(15)23-21(24)28/h4-7,9-12H,2-3,8,13-14H2,1H3,(H,22,25)(H,23,28). The quantitative estimate of drug-likeness (QED) is 0.440. The second-order valence-corrected chi connectivity index (χ2v) is 6.88. The maximum absolute atomic E-state index is 12.6. The van der Waals surface area contributed by atoms with Gasteiger partial charge in [0.15, 0.2) is 4.77 Å². The minimum Gasteiger partial charge on any atom is -0.495 e. The fourth-order valence-electron chi connectivity index (χ4n) is 3.09. The van der Waals surface area contributed by atoms with Crippen LogP contribution in [0.5, 0.6) is 5.75 Å². The summed E-state index contributed by atoms with van der Waals surface area (Å²) in [6, 6.07) is 14.7. The molecule has 0 unspecified atom stereocenters. The Bertz CT molecular complexity index is 1090. The Morgan fingerprint density at radius 2 is 1.86 bits per heavy atom. The zero-order valence-corrected chi connectivity index (χ0v) is 16.6. The largest absolute Gasteiger partial charge is 0.495 e. The molecule has 0 fully saturated rings. The molecule has 2 aromatic carbocycles. The molecule has 1 heterocycles. The molecular weight excluding hydrogens is 374 g/mol. The van der Waals surface area contributed by atoms with Crippen LogP contribution in [0.15, 0.2) is 53.3 Å². The van der Waals surface area contributed by atoms with Gasteiger partial charge in [-0.1, -0.05) is 30.7 Å². The number of anilines is 1. The average molecular weight is 398 g/mol. The number of hydrogen-bond donors (Lipinski definition) is 2. The van der Waals surface area contributed by atoms with Crippen LogP contribution in [0.2, 0.25) is 0 Å². The molecule has 1 aromatic heterocycles. The minimum absolute atomic E-state index is 0.0512. The highest BCUT2D eigenvalue weighted by Gasteiger charge is 2.08. The number of methoxy groups -OCH3 is 1. The number of nitrogens with zero attached hydrogens (tertiary/aromatic N) is 1. The van der Waals surface area contributed by atoms with Gasteiger partial charge in [0.05, 0.1) is 23.7 Å². The number of amides is 1. The van der Waals surface area contributed by atoms with Crippen LogP contribution in [-0.2, 0) is 11.3 Å². The van der Waals surface area contributed by atoms with Crippen molar-refractivity contribution in [2.45, 2.75) is 32.2 Å². The van der Waals surface area contributed by atoms with Gasteiger partial charge in [-0.15, -0.1) is 0 Å². The minimum atomic E-state index is -0.0757. The van der Waals surface area contributed by atoms with Gasteiger partial charge in [-0.25, -0.2) is 0 Å². The summed E-state index contributed by atoms with van der Waals surface area (Å²) in [4.78, 5) is 27.8. The molecule has 3 aromatic rings. The first kappa shape index (κ1) is 19.8. The Labute approximate surface area is 168 Å². The van der Waals surface area contributed by atoms with E-state index in [2.05, 4.69) is 10.3 Å². The zero-order chi connectivity index (χ0) is 19.9. The lowest BCUT2D eigenvalue weighted by molar-refractivity contribution is -0.116. The number of benzene rings is 2. The second kappa shape index (κ2) is 9.32. The maximum atomic E-state index is 12.6. The Kier molecular flexibility index (Phi) is 6.60. The summed E-state index contributed by atoms with van der Waals surface area (Å²) in [7, 11) is 1.57. The Balaban J connectivity index is 1.50. The van der Waals surface area contributed by atoms with Crippen molar-refractivity contribution < 1.29 is 9.53 Å². The normalized spacial score (nSPS) is 10.8. The number of fused-ring (bicyclic) bond motifs is 1. The van der Waals surface area contributed by atoms with E-state index in [-0.39, 0.29) is 11.5 Å². The molecule has 0 saturated heterocycles. The van der Waals surface area contributed by atoms with Crippen molar-refractivity contribution >= 4 is 34.7 Å². The monoisotopic (exact) mass is 397 g/mol. The van der Waals surface area contributed by atoms with E-state index in [9.17, 15) is 9.59 Å². The molecule has 3 rings (SSSR count). The molecule has 28 heavy (non-hydrogen) atoms. The highest BCUT2D eigenvalue weighted by Crippen LogP contribution is 2.23. The van der Waals surface area contributed by atoms with E-state index >= 15 is 0 Å². The summed E-state index contributed by atoms with van der Waals surface area (Å²) >= 11 is 5.31. The molecule has 0 aliphatic carbocycles. The summed E-state index contributed by atoms with van der Waals surface area (Å²) in [6.45, 7) is 0.535. The molecule has 146 valence electrons. The number of para-hydroxylation sites is 3. The van der Waals surface area contributed by atoms with E-state index < -0.39 is 0 Å². The molecule has 0 saturated carbocycles. The van der Waals surface area contributed by atoms with Gasteiger partial charge in [-0.2, -0.15) is 0 Å². The van der Waals surface area contributed by atoms with Crippen molar-refractivity contribution in [2.24, 2.45) is 0 Å². The summed E-state index contributed by atoms with van der Waals surface area (Å²) < 4.78 is 7.25. The van der Waals surface area contributed by atoms with Crippen LogP contribution in [-0.4, -0.2) is 22.6 Å². The predicted molar refractivity (Wildman–Crippen MR) is 113 cm³/mol. The third kappa shape index (κ3) is 4.67. The van der Waals surface area contributed by atoms with Crippen molar-refractivity contribution in [1.82, 2.24) is 9.55 Å². The van der Waals surface area contributed by atoms with Crippen molar-refractivity contribution in [3.63, 3.8) is 0 Å². The van der Waals surface area contributed by atoms with E-state index in [0.29, 0.717) is 34.6 Å². The molecule has 0 spiro atoms. The number of nitrogens with one attached hydrogen (secondary N) is 2. The van der Waals surface area contributed by atoms with Crippen molar-refractivity contribution in [1.29, 1.82) is 0 Å². The predicted octanol–water partition coefficient (Wildman–Crippen LogP) is 4.27. The Hall–Kier alpha value is -2.93. The zero-order valence-electron chi connectivity index (χ0n) is 15.7. The Morgan fingerprint density at radius 1 is 1.11 bits per heavy atom. The molecule has 0 atom stereocenters. The topological polar surface area (TPSA) is 76.1 Å². The summed E-state index contributed by atoms with van der Waals surface area (Å²) in [5.41, 5.74) is 1.35. The van der Waals surface area contributed by atoms with E-state index in [4.69, 9.17) is 17.0 Å². The smallest absolute Gasteiger partial charge is 0.262 e. The number of aromatic amines is 1. The van der Waals surface area contributed by atoms with Gasteiger partial charge in [0.2, 0.25) is 5.91 Å². The van der Waals surface area contributed by atoms with Crippen LogP contribution >= 0.6 is 12.2 Å². The van der Waals surface area contributed by atoms with E-state index in [1.807, 2.05) is 36.4 Å². The van der Waals surface area contributed by atoms with Crippen LogP contribution in [0.4, 0.5) is 5.69 Å². The molecular formula is C21H23N3O3S. The molecule has 6 nitrogen and oxygen atoms in total. The lowest BCUT2D eigenvalue weighted by Gasteiger charge is -2.10.